The highest BCUT2D eigenvalue weighted by atomic mass is 16.4. The summed E-state index contributed by atoms with van der Waals surface area (Å²) in [7, 11) is 1.70. The van der Waals surface area contributed by atoms with E-state index in [1.807, 2.05) is 0 Å². The Morgan fingerprint density at radius 2 is 2.05 bits per heavy atom. The summed E-state index contributed by atoms with van der Waals surface area (Å²) in [5.74, 6) is -1.46. The van der Waals surface area contributed by atoms with Crippen molar-refractivity contribution in [3.63, 3.8) is 0 Å². The molecule has 1 aromatic rings. The number of hydrogen-bond acceptors (Lipinski definition) is 3. The van der Waals surface area contributed by atoms with Crippen LogP contribution in [0.3, 0.4) is 0 Å². The van der Waals surface area contributed by atoms with Gasteiger partial charge in [0.25, 0.3) is 5.91 Å². The smallest absolute Gasteiger partial charge is 0.325 e. The van der Waals surface area contributed by atoms with Crippen molar-refractivity contribution in [2.24, 2.45) is 0 Å². The molecule has 0 aromatic heterocycles. The molecule has 1 aliphatic rings. The fraction of sp³-hybridized carbons (Fsp3) is 0.357. The van der Waals surface area contributed by atoms with Crippen molar-refractivity contribution in [2.75, 3.05) is 11.9 Å². The van der Waals surface area contributed by atoms with Gasteiger partial charge in [-0.25, -0.2) is 0 Å². The lowest BCUT2D eigenvalue weighted by Crippen LogP contribution is -2.38. The van der Waals surface area contributed by atoms with E-state index < -0.39 is 17.9 Å². The molecule has 2 N–H and O–H groups in total. The molecule has 1 aromatic carbocycles. The first-order chi connectivity index (χ1) is 9.40. The Morgan fingerprint density at radius 3 is 2.70 bits per heavy atom. The number of aryl methyl sites for hydroxylation is 1. The summed E-state index contributed by atoms with van der Waals surface area (Å²) < 4.78 is 0. The third-order valence-corrected chi connectivity index (χ3v) is 3.40. The highest BCUT2D eigenvalue weighted by Gasteiger charge is 2.22. The van der Waals surface area contributed by atoms with Crippen LogP contribution in [0.1, 0.15) is 29.3 Å². The molecule has 20 heavy (non-hydrogen) atoms. The van der Waals surface area contributed by atoms with Crippen molar-refractivity contribution in [1.29, 1.82) is 0 Å². The van der Waals surface area contributed by atoms with Crippen LogP contribution in [0.4, 0.5) is 5.69 Å². The molecule has 2 rings (SSSR count). The molecule has 6 nitrogen and oxygen atoms in total. The second-order valence-corrected chi connectivity index (χ2v) is 4.83. The van der Waals surface area contributed by atoms with Crippen LogP contribution >= 0.6 is 0 Å². The number of hydrogen-bond donors (Lipinski definition) is 2. The summed E-state index contributed by atoms with van der Waals surface area (Å²) in [4.78, 5) is 35.8. The highest BCUT2D eigenvalue weighted by molar-refractivity contribution is 5.99. The molecular weight excluding hydrogens is 260 g/mol. The predicted octanol–water partition coefficient (Wildman–Crippen LogP) is 0.799. The van der Waals surface area contributed by atoms with Gasteiger partial charge in [-0.05, 0) is 37.1 Å². The lowest BCUT2D eigenvalue weighted by Gasteiger charge is -2.26. The fourth-order valence-electron chi connectivity index (χ4n) is 2.14. The zero-order valence-corrected chi connectivity index (χ0v) is 11.3. The average Bonchev–Trinajstić information content (AvgIpc) is 2.42. The maximum Gasteiger partial charge on any atom is 0.325 e. The number of rotatable bonds is 3. The number of fused-ring (bicyclic) bond motifs is 1. The number of aliphatic carboxylic acids is 1. The Hall–Kier alpha value is -2.37. The quantitative estimate of drug-likeness (QED) is 0.855. The summed E-state index contributed by atoms with van der Waals surface area (Å²) in [6.07, 6.45) is 1.01. The van der Waals surface area contributed by atoms with Gasteiger partial charge >= 0.3 is 5.97 Å². The van der Waals surface area contributed by atoms with Crippen LogP contribution in [0.15, 0.2) is 18.2 Å². The van der Waals surface area contributed by atoms with Crippen LogP contribution in [0.5, 0.6) is 0 Å². The lowest BCUT2D eigenvalue weighted by atomic mass is 9.99. The van der Waals surface area contributed by atoms with Gasteiger partial charge in [-0.2, -0.15) is 0 Å². The molecule has 1 aliphatic heterocycles. The van der Waals surface area contributed by atoms with Crippen molar-refractivity contribution in [3.8, 4) is 0 Å². The third kappa shape index (κ3) is 2.64. The van der Waals surface area contributed by atoms with E-state index in [0.717, 1.165) is 11.3 Å². The zero-order chi connectivity index (χ0) is 14.9. The first-order valence-electron chi connectivity index (χ1n) is 6.33. The Balaban J connectivity index is 2.21. The fourth-order valence-corrected chi connectivity index (χ4v) is 2.14. The van der Waals surface area contributed by atoms with Crippen LogP contribution in [0, 0.1) is 0 Å². The number of carbonyl (C=O) groups excluding carboxylic acids is 2. The SMILES string of the molecule is C[C@@H](NC(=O)c1ccc2c(c1)CCC(=O)N2C)C(=O)O. The molecule has 6 heteroatoms. The zero-order valence-electron chi connectivity index (χ0n) is 11.3. The molecule has 0 unspecified atom stereocenters. The lowest BCUT2D eigenvalue weighted by molar-refractivity contribution is -0.138. The summed E-state index contributed by atoms with van der Waals surface area (Å²) >= 11 is 0. The number of nitrogens with one attached hydrogen (secondary N) is 1. The van der Waals surface area contributed by atoms with Gasteiger partial charge in [-0.15, -0.1) is 0 Å². The minimum atomic E-state index is -1.08. The molecule has 0 radical (unpaired) electrons. The van der Waals surface area contributed by atoms with Gasteiger partial charge in [0, 0.05) is 24.7 Å². The van der Waals surface area contributed by atoms with Gasteiger partial charge in [0.15, 0.2) is 0 Å². The predicted molar refractivity (Wildman–Crippen MR) is 72.7 cm³/mol. The van der Waals surface area contributed by atoms with E-state index in [-0.39, 0.29) is 5.91 Å². The highest BCUT2D eigenvalue weighted by Crippen LogP contribution is 2.27. The van der Waals surface area contributed by atoms with E-state index in [0.29, 0.717) is 18.4 Å². The molecule has 0 saturated carbocycles. The molecule has 0 bridgehead atoms. The van der Waals surface area contributed by atoms with Crippen molar-refractivity contribution in [3.05, 3.63) is 29.3 Å². The van der Waals surface area contributed by atoms with E-state index in [2.05, 4.69) is 5.32 Å². The summed E-state index contributed by atoms with van der Waals surface area (Å²) in [6.45, 7) is 1.41. The monoisotopic (exact) mass is 276 g/mol. The van der Waals surface area contributed by atoms with Crippen molar-refractivity contribution < 1.29 is 19.5 Å². The van der Waals surface area contributed by atoms with Gasteiger partial charge in [0.05, 0.1) is 0 Å². The van der Waals surface area contributed by atoms with E-state index in [1.54, 1.807) is 30.1 Å². The number of amides is 2. The maximum absolute atomic E-state index is 11.9. The first kappa shape index (κ1) is 14.0. The molecule has 1 atom stereocenters. The molecular formula is C14H16N2O4. The minimum absolute atomic E-state index is 0.0502. The molecule has 0 aliphatic carbocycles. The van der Waals surface area contributed by atoms with Crippen LogP contribution in [-0.2, 0) is 16.0 Å². The van der Waals surface area contributed by atoms with Crippen molar-refractivity contribution >= 4 is 23.5 Å². The number of carbonyl (C=O) groups is 3. The normalized spacial score (nSPS) is 15.5. The van der Waals surface area contributed by atoms with Crippen LogP contribution in [0.25, 0.3) is 0 Å². The Kier molecular flexibility index (Phi) is 3.74. The molecule has 0 fully saturated rings. The van der Waals surface area contributed by atoms with Gasteiger partial charge in [-0.1, -0.05) is 0 Å². The first-order valence-corrected chi connectivity index (χ1v) is 6.33. The Bertz CT molecular complexity index is 583. The standard InChI is InChI=1S/C14H16N2O4/c1-8(14(19)20)15-13(18)10-3-5-11-9(7-10)4-6-12(17)16(11)2/h3,5,7-8H,4,6H2,1-2H3,(H,15,18)(H,19,20)/t8-/m1/s1. The Morgan fingerprint density at radius 1 is 1.35 bits per heavy atom. The minimum Gasteiger partial charge on any atom is -0.480 e. The summed E-state index contributed by atoms with van der Waals surface area (Å²) in [6, 6.07) is 4.08. The third-order valence-electron chi connectivity index (χ3n) is 3.40. The van der Waals surface area contributed by atoms with E-state index in [9.17, 15) is 14.4 Å². The van der Waals surface area contributed by atoms with E-state index >= 15 is 0 Å². The van der Waals surface area contributed by atoms with Crippen LogP contribution in [0.2, 0.25) is 0 Å². The van der Waals surface area contributed by atoms with Crippen molar-refractivity contribution in [1.82, 2.24) is 5.32 Å². The number of benzene rings is 1. The molecule has 1 heterocycles. The Labute approximate surface area is 116 Å². The second-order valence-electron chi connectivity index (χ2n) is 4.83. The summed E-state index contributed by atoms with van der Waals surface area (Å²) in [5, 5.41) is 11.2. The second kappa shape index (κ2) is 5.32. The topological polar surface area (TPSA) is 86.7 Å². The van der Waals surface area contributed by atoms with E-state index in [4.69, 9.17) is 5.11 Å². The molecule has 0 spiro atoms. The molecule has 106 valence electrons. The van der Waals surface area contributed by atoms with E-state index in [1.165, 1.54) is 6.92 Å². The number of nitrogens with zero attached hydrogens (tertiary/aromatic N) is 1. The van der Waals surface area contributed by atoms with Crippen molar-refractivity contribution in [2.45, 2.75) is 25.8 Å². The number of carboxylic acid groups (broad SMARTS) is 1. The summed E-state index contributed by atoms with van der Waals surface area (Å²) in [5.41, 5.74) is 2.12. The number of anilines is 1. The van der Waals surface area contributed by atoms with Gasteiger partial charge in [-0.3, -0.25) is 14.4 Å². The van der Waals surface area contributed by atoms with Gasteiger partial charge < -0.3 is 15.3 Å². The van der Waals surface area contributed by atoms with Gasteiger partial charge in [0.2, 0.25) is 5.91 Å². The molecule has 2 amide bonds. The maximum atomic E-state index is 11.9. The largest absolute Gasteiger partial charge is 0.480 e. The van der Waals surface area contributed by atoms with Crippen LogP contribution < -0.4 is 10.2 Å². The average molecular weight is 276 g/mol. The van der Waals surface area contributed by atoms with Crippen LogP contribution in [-0.4, -0.2) is 36.0 Å². The number of carboxylic acids is 1. The van der Waals surface area contributed by atoms with Gasteiger partial charge in [0.1, 0.15) is 6.04 Å². The molecule has 0 saturated heterocycles.